The average molecular weight is 358 g/mol. The van der Waals surface area contributed by atoms with E-state index in [0.717, 1.165) is 11.1 Å². The molecule has 6 heteroatoms. The lowest BCUT2D eigenvalue weighted by Crippen LogP contribution is -2.30. The molecule has 5 nitrogen and oxygen atoms in total. The molecule has 0 saturated heterocycles. The number of halogens is 1. The third-order valence-corrected chi connectivity index (χ3v) is 3.75. The number of hydrogen-bond acceptors (Lipinski definition) is 4. The average Bonchev–Trinajstić information content (AvgIpc) is 2.58. The van der Waals surface area contributed by atoms with Crippen LogP contribution < -0.4 is 0 Å². The molecule has 2 aromatic rings. The zero-order valence-electron chi connectivity index (χ0n) is 15.4. The van der Waals surface area contributed by atoms with Gasteiger partial charge in [-0.25, -0.2) is 4.39 Å². The van der Waals surface area contributed by atoms with Crippen LogP contribution in [0.1, 0.15) is 44.5 Å². The van der Waals surface area contributed by atoms with E-state index >= 15 is 0 Å². The van der Waals surface area contributed by atoms with Gasteiger partial charge in [-0.15, -0.1) is 0 Å². The van der Waals surface area contributed by atoms with Gasteiger partial charge in [-0.1, -0.05) is 18.2 Å². The van der Waals surface area contributed by atoms with Gasteiger partial charge in [0, 0.05) is 18.3 Å². The molecule has 0 aliphatic heterocycles. The molecule has 1 aromatic heterocycles. The predicted octanol–water partition coefficient (Wildman–Crippen LogP) is 5.16. The fraction of sp³-hybridized carbons (Fsp3) is 0.350. The Morgan fingerprint density at radius 1 is 1.08 bits per heavy atom. The number of nitrogens with zero attached hydrogens (tertiary/aromatic N) is 2. The van der Waals surface area contributed by atoms with E-state index in [-0.39, 0.29) is 12.3 Å². The lowest BCUT2D eigenvalue weighted by atomic mass is 10.0. The molecule has 0 unspecified atom stereocenters. The van der Waals surface area contributed by atoms with Crippen molar-refractivity contribution in [2.45, 2.75) is 39.0 Å². The van der Waals surface area contributed by atoms with E-state index in [1.54, 1.807) is 18.3 Å². The van der Waals surface area contributed by atoms with Crippen molar-refractivity contribution in [3.8, 4) is 0 Å². The Bertz CT molecular complexity index is 776. The molecule has 1 aromatic carbocycles. The molecule has 0 N–H and O–H groups in total. The van der Waals surface area contributed by atoms with Gasteiger partial charge >= 0.3 is 0 Å². The van der Waals surface area contributed by atoms with Crippen molar-refractivity contribution in [1.29, 1.82) is 0 Å². The van der Waals surface area contributed by atoms with Crippen molar-refractivity contribution in [1.82, 2.24) is 4.98 Å². The minimum atomic E-state index is -1.40. The summed E-state index contributed by atoms with van der Waals surface area (Å²) in [5.74, 6) is 0. The van der Waals surface area contributed by atoms with Crippen LogP contribution in [0.25, 0.3) is 12.2 Å². The highest BCUT2D eigenvalue weighted by atomic mass is 19.1. The molecular weight excluding hydrogens is 335 g/mol. The zero-order chi connectivity index (χ0) is 19.4. The zero-order valence-corrected chi connectivity index (χ0v) is 15.4. The first-order valence-corrected chi connectivity index (χ1v) is 8.29. The fourth-order valence-corrected chi connectivity index (χ4v) is 2.19. The number of pyridine rings is 1. The minimum Gasteiger partial charge on any atom is -0.366 e. The van der Waals surface area contributed by atoms with Crippen LogP contribution in [0, 0.1) is 10.1 Å². The van der Waals surface area contributed by atoms with E-state index in [2.05, 4.69) is 4.98 Å². The van der Waals surface area contributed by atoms with Crippen LogP contribution in [0.4, 0.5) is 10.1 Å². The normalized spacial score (nSPS) is 12.5. The third kappa shape index (κ3) is 5.74. The van der Waals surface area contributed by atoms with E-state index in [9.17, 15) is 14.5 Å². The first kappa shape index (κ1) is 19.7. The van der Waals surface area contributed by atoms with E-state index in [1.165, 1.54) is 26.0 Å². The van der Waals surface area contributed by atoms with Crippen LogP contribution in [-0.4, -0.2) is 22.2 Å². The first-order chi connectivity index (χ1) is 12.1. The molecule has 0 amide bonds. The number of aromatic nitrogens is 1. The number of benzene rings is 1. The Morgan fingerprint density at radius 2 is 1.65 bits per heavy atom. The number of alkyl halides is 1. The maximum absolute atomic E-state index is 13.6. The molecule has 138 valence electrons. The van der Waals surface area contributed by atoms with Crippen LogP contribution in [0.5, 0.6) is 0 Å². The van der Waals surface area contributed by atoms with Crippen LogP contribution in [0.15, 0.2) is 42.6 Å². The Kier molecular flexibility index (Phi) is 5.87. The van der Waals surface area contributed by atoms with E-state index in [1.807, 2.05) is 38.1 Å². The SMILES string of the molecule is CC(C)(F)COC(C)(C)c1ccc(/C=C/c2ccc([N+](=O)[O-])cc2)cn1. The van der Waals surface area contributed by atoms with Crippen molar-refractivity contribution < 1.29 is 14.1 Å². The Balaban J connectivity index is 2.05. The maximum Gasteiger partial charge on any atom is 0.269 e. The lowest BCUT2D eigenvalue weighted by molar-refractivity contribution is -0.384. The quantitative estimate of drug-likeness (QED) is 0.506. The summed E-state index contributed by atoms with van der Waals surface area (Å²) in [6.45, 7) is 6.65. The largest absolute Gasteiger partial charge is 0.366 e. The number of rotatable bonds is 7. The molecule has 2 rings (SSSR count). The third-order valence-electron chi connectivity index (χ3n) is 3.75. The Morgan fingerprint density at radius 3 is 2.15 bits per heavy atom. The second-order valence-corrected chi connectivity index (χ2v) is 7.18. The summed E-state index contributed by atoms with van der Waals surface area (Å²) in [5.41, 5.74) is 0.428. The van der Waals surface area contributed by atoms with Gasteiger partial charge in [0.25, 0.3) is 5.69 Å². The van der Waals surface area contributed by atoms with Crippen molar-refractivity contribution in [3.05, 3.63) is 69.5 Å². The summed E-state index contributed by atoms with van der Waals surface area (Å²) in [6.07, 6.45) is 5.44. The second kappa shape index (κ2) is 7.74. The number of nitro benzene ring substituents is 1. The second-order valence-electron chi connectivity index (χ2n) is 7.18. The van der Waals surface area contributed by atoms with Gasteiger partial charge in [-0.2, -0.15) is 0 Å². The van der Waals surface area contributed by atoms with Gasteiger partial charge in [-0.3, -0.25) is 15.1 Å². The minimum absolute atomic E-state index is 0.0104. The highest BCUT2D eigenvalue weighted by Gasteiger charge is 2.27. The van der Waals surface area contributed by atoms with E-state index in [0.29, 0.717) is 5.69 Å². The number of nitro groups is 1. The van der Waals surface area contributed by atoms with Gasteiger partial charge in [-0.05, 0) is 57.0 Å². The maximum atomic E-state index is 13.6. The van der Waals surface area contributed by atoms with Crippen LogP contribution >= 0.6 is 0 Å². The summed E-state index contributed by atoms with van der Waals surface area (Å²) < 4.78 is 19.3. The molecule has 0 radical (unpaired) electrons. The van der Waals surface area contributed by atoms with Crippen molar-refractivity contribution in [2.75, 3.05) is 6.61 Å². The molecular formula is C20H23FN2O3. The molecule has 0 bridgehead atoms. The highest BCUT2D eigenvalue weighted by molar-refractivity contribution is 5.69. The smallest absolute Gasteiger partial charge is 0.269 e. The molecule has 0 spiro atoms. The summed E-state index contributed by atoms with van der Waals surface area (Å²) in [6, 6.07) is 10.1. The molecule has 0 atom stereocenters. The van der Waals surface area contributed by atoms with Gasteiger partial charge < -0.3 is 4.74 Å². The Labute approximate surface area is 152 Å². The number of ether oxygens (including phenoxy) is 1. The van der Waals surface area contributed by atoms with Crippen LogP contribution in [0.3, 0.4) is 0 Å². The fourth-order valence-electron chi connectivity index (χ4n) is 2.19. The molecule has 26 heavy (non-hydrogen) atoms. The molecule has 0 aliphatic carbocycles. The summed E-state index contributed by atoms with van der Waals surface area (Å²) in [5, 5.41) is 10.7. The number of hydrogen-bond donors (Lipinski definition) is 0. The number of non-ortho nitro benzene ring substituents is 1. The summed E-state index contributed by atoms with van der Waals surface area (Å²) in [4.78, 5) is 14.6. The Hall–Kier alpha value is -2.60. The van der Waals surface area contributed by atoms with E-state index < -0.39 is 16.2 Å². The lowest BCUT2D eigenvalue weighted by Gasteiger charge is -2.27. The monoisotopic (exact) mass is 358 g/mol. The molecule has 0 aliphatic rings. The first-order valence-electron chi connectivity index (χ1n) is 8.29. The predicted molar refractivity (Wildman–Crippen MR) is 100 cm³/mol. The van der Waals surface area contributed by atoms with Crippen LogP contribution in [0.2, 0.25) is 0 Å². The molecule has 0 saturated carbocycles. The van der Waals surface area contributed by atoms with Crippen molar-refractivity contribution >= 4 is 17.8 Å². The summed E-state index contributed by atoms with van der Waals surface area (Å²) >= 11 is 0. The van der Waals surface area contributed by atoms with Gasteiger partial charge in [0.2, 0.25) is 0 Å². The van der Waals surface area contributed by atoms with Crippen LogP contribution in [-0.2, 0) is 10.3 Å². The van der Waals surface area contributed by atoms with Gasteiger partial charge in [0.15, 0.2) is 0 Å². The molecule has 0 fully saturated rings. The molecule has 1 heterocycles. The summed E-state index contributed by atoms with van der Waals surface area (Å²) in [7, 11) is 0. The standard InChI is InChI=1S/C20H23FN2O3/c1-19(2,21)14-26-20(3,4)18-12-9-16(13-22-18)6-5-15-7-10-17(11-8-15)23(24)25/h5-13H,14H2,1-4H3/b6-5+. The van der Waals surface area contributed by atoms with E-state index in [4.69, 9.17) is 4.74 Å². The van der Waals surface area contributed by atoms with Gasteiger partial charge in [0.05, 0.1) is 17.2 Å². The van der Waals surface area contributed by atoms with Crippen molar-refractivity contribution in [3.63, 3.8) is 0 Å². The van der Waals surface area contributed by atoms with Gasteiger partial charge in [0.1, 0.15) is 11.3 Å². The van der Waals surface area contributed by atoms with Crippen molar-refractivity contribution in [2.24, 2.45) is 0 Å². The topological polar surface area (TPSA) is 65.3 Å². The highest BCUT2D eigenvalue weighted by Crippen LogP contribution is 2.25.